The Kier molecular flexibility index (Phi) is 9.76. The summed E-state index contributed by atoms with van der Waals surface area (Å²) in [5.41, 5.74) is 0. The zero-order valence-electron chi connectivity index (χ0n) is 10.1. The van der Waals surface area contributed by atoms with Crippen LogP contribution in [-0.2, 0) is 9.59 Å². The quantitative estimate of drug-likeness (QED) is 0.567. The highest BCUT2D eigenvalue weighted by Crippen LogP contribution is 2.04. The molecular weight excluding hydrogens is 206 g/mol. The van der Waals surface area contributed by atoms with Crippen LogP contribution in [-0.4, -0.2) is 18.4 Å². The topological polar surface area (TPSA) is 69.2 Å². The van der Waals surface area contributed by atoms with Crippen molar-refractivity contribution in [2.45, 2.75) is 58.3 Å². The third-order valence-electron chi connectivity index (χ3n) is 2.41. The number of carbonyl (C=O) groups is 2. The highest BCUT2D eigenvalue weighted by Gasteiger charge is 1.99. The minimum Gasteiger partial charge on any atom is -0.550 e. The van der Waals surface area contributed by atoms with Crippen LogP contribution < -0.4 is 10.4 Å². The number of carboxylic acid groups (broad SMARTS) is 1. The first-order valence-corrected chi connectivity index (χ1v) is 6.13. The number of hydrogen-bond donors (Lipinski definition) is 1. The van der Waals surface area contributed by atoms with Crippen LogP contribution in [0.4, 0.5) is 0 Å². The van der Waals surface area contributed by atoms with Gasteiger partial charge < -0.3 is 15.2 Å². The van der Waals surface area contributed by atoms with E-state index in [1.165, 1.54) is 25.7 Å². The molecule has 0 aliphatic carbocycles. The van der Waals surface area contributed by atoms with E-state index in [1.807, 2.05) is 0 Å². The first kappa shape index (κ1) is 14.9. The second kappa shape index (κ2) is 10.5. The average Bonchev–Trinajstić information content (AvgIpc) is 2.25. The second-order valence-corrected chi connectivity index (χ2v) is 3.99. The molecule has 0 radical (unpaired) electrons. The Labute approximate surface area is 97.4 Å². The lowest BCUT2D eigenvalue weighted by Gasteiger charge is -2.05. The first-order valence-electron chi connectivity index (χ1n) is 6.13. The lowest BCUT2D eigenvalue weighted by atomic mass is 10.1. The molecule has 0 aliphatic rings. The lowest BCUT2D eigenvalue weighted by Crippen LogP contribution is -2.28. The molecule has 0 saturated carbocycles. The van der Waals surface area contributed by atoms with E-state index in [2.05, 4.69) is 12.2 Å². The van der Waals surface area contributed by atoms with Crippen molar-refractivity contribution in [1.82, 2.24) is 5.32 Å². The monoisotopic (exact) mass is 228 g/mol. The molecule has 4 heteroatoms. The lowest BCUT2D eigenvalue weighted by molar-refractivity contribution is -0.305. The molecule has 0 atom stereocenters. The molecule has 0 aromatic carbocycles. The third kappa shape index (κ3) is 11.0. The Morgan fingerprint density at radius 3 is 2.25 bits per heavy atom. The molecule has 4 nitrogen and oxygen atoms in total. The summed E-state index contributed by atoms with van der Waals surface area (Å²) in [7, 11) is 0. The van der Waals surface area contributed by atoms with Crippen molar-refractivity contribution in [2.24, 2.45) is 0 Å². The van der Waals surface area contributed by atoms with Gasteiger partial charge in [0.1, 0.15) is 0 Å². The van der Waals surface area contributed by atoms with Crippen molar-refractivity contribution >= 4 is 11.9 Å². The van der Waals surface area contributed by atoms with Gasteiger partial charge >= 0.3 is 0 Å². The fourth-order valence-corrected chi connectivity index (χ4v) is 1.44. The van der Waals surface area contributed by atoms with Crippen LogP contribution in [0.2, 0.25) is 0 Å². The molecule has 1 amide bonds. The van der Waals surface area contributed by atoms with Crippen LogP contribution >= 0.6 is 0 Å². The number of carboxylic acids is 1. The van der Waals surface area contributed by atoms with Crippen molar-refractivity contribution in [3.05, 3.63) is 0 Å². The Morgan fingerprint density at radius 2 is 1.62 bits per heavy atom. The van der Waals surface area contributed by atoms with Crippen LogP contribution in [0.3, 0.4) is 0 Å². The largest absolute Gasteiger partial charge is 0.550 e. The number of aliphatic carboxylic acids is 1. The van der Waals surface area contributed by atoms with Crippen LogP contribution in [0.1, 0.15) is 58.3 Å². The maximum Gasteiger partial charge on any atom is 0.220 e. The van der Waals surface area contributed by atoms with E-state index in [1.54, 1.807) is 0 Å². The minimum atomic E-state index is -1.17. The fraction of sp³-hybridized carbons (Fsp3) is 0.833. The van der Waals surface area contributed by atoms with E-state index in [0.29, 0.717) is 6.54 Å². The summed E-state index contributed by atoms with van der Waals surface area (Å²) in [5.74, 6) is -1.37. The molecule has 0 aromatic rings. The highest BCUT2D eigenvalue weighted by molar-refractivity contribution is 5.79. The number of amides is 1. The maximum atomic E-state index is 11.1. The molecule has 0 unspecified atom stereocenters. The van der Waals surface area contributed by atoms with Crippen LogP contribution in [0.15, 0.2) is 0 Å². The number of hydrogen-bond acceptors (Lipinski definition) is 3. The van der Waals surface area contributed by atoms with Gasteiger partial charge in [-0.25, -0.2) is 0 Å². The van der Waals surface area contributed by atoms with Gasteiger partial charge in [-0.2, -0.15) is 0 Å². The Balaban J connectivity index is 3.18. The van der Waals surface area contributed by atoms with E-state index in [9.17, 15) is 14.7 Å². The standard InChI is InChI=1S/C12H23NO3/c1-2-3-4-5-6-7-10-13-11(14)8-9-12(15)16/h2-10H2,1H3,(H,13,14)(H,15,16)/p-1. The van der Waals surface area contributed by atoms with Gasteiger partial charge in [0.05, 0.1) is 0 Å². The van der Waals surface area contributed by atoms with Gasteiger partial charge in [-0.3, -0.25) is 4.79 Å². The zero-order chi connectivity index (χ0) is 12.2. The summed E-state index contributed by atoms with van der Waals surface area (Å²) in [6.45, 7) is 2.83. The molecule has 0 heterocycles. The predicted octanol–water partition coefficient (Wildman–Crippen LogP) is 0.993. The molecule has 16 heavy (non-hydrogen) atoms. The summed E-state index contributed by atoms with van der Waals surface area (Å²) in [5, 5.41) is 12.8. The van der Waals surface area contributed by atoms with Gasteiger partial charge in [0.25, 0.3) is 0 Å². The molecule has 94 valence electrons. The van der Waals surface area contributed by atoms with Crippen molar-refractivity contribution < 1.29 is 14.7 Å². The van der Waals surface area contributed by atoms with E-state index < -0.39 is 5.97 Å². The first-order chi connectivity index (χ1) is 7.66. The molecule has 0 aliphatic heterocycles. The summed E-state index contributed by atoms with van der Waals surface area (Å²) < 4.78 is 0. The van der Waals surface area contributed by atoms with Crippen LogP contribution in [0.5, 0.6) is 0 Å². The summed E-state index contributed by atoms with van der Waals surface area (Å²) in [6, 6.07) is 0. The molecule has 0 bridgehead atoms. The molecule has 0 fully saturated rings. The van der Waals surface area contributed by atoms with Crippen LogP contribution in [0, 0.1) is 0 Å². The van der Waals surface area contributed by atoms with Gasteiger partial charge in [-0.05, 0) is 12.8 Å². The van der Waals surface area contributed by atoms with E-state index in [0.717, 1.165) is 12.8 Å². The van der Waals surface area contributed by atoms with Crippen molar-refractivity contribution in [3.8, 4) is 0 Å². The minimum absolute atomic E-state index is 0.0260. The Morgan fingerprint density at radius 1 is 1.00 bits per heavy atom. The highest BCUT2D eigenvalue weighted by atomic mass is 16.4. The number of unbranched alkanes of at least 4 members (excludes halogenated alkanes) is 5. The van der Waals surface area contributed by atoms with Gasteiger partial charge in [0.15, 0.2) is 0 Å². The second-order valence-electron chi connectivity index (χ2n) is 3.99. The maximum absolute atomic E-state index is 11.1. The Bertz CT molecular complexity index is 204. The molecule has 0 spiro atoms. The normalized spacial score (nSPS) is 10.1. The van der Waals surface area contributed by atoms with Gasteiger partial charge in [0.2, 0.25) is 5.91 Å². The van der Waals surface area contributed by atoms with Crippen LogP contribution in [0.25, 0.3) is 0 Å². The predicted molar refractivity (Wildman–Crippen MR) is 60.6 cm³/mol. The SMILES string of the molecule is CCCCCCCCNC(=O)CCC(=O)[O-]. The smallest absolute Gasteiger partial charge is 0.220 e. The molecular formula is C12H22NO3-. The number of nitrogens with one attached hydrogen (secondary N) is 1. The van der Waals surface area contributed by atoms with Gasteiger partial charge in [-0.1, -0.05) is 39.0 Å². The summed E-state index contributed by atoms with van der Waals surface area (Å²) in [4.78, 5) is 21.2. The molecule has 0 saturated heterocycles. The van der Waals surface area contributed by atoms with E-state index >= 15 is 0 Å². The third-order valence-corrected chi connectivity index (χ3v) is 2.41. The Hall–Kier alpha value is -1.06. The van der Waals surface area contributed by atoms with Crippen molar-refractivity contribution in [2.75, 3.05) is 6.54 Å². The van der Waals surface area contributed by atoms with E-state index in [4.69, 9.17) is 0 Å². The zero-order valence-corrected chi connectivity index (χ0v) is 10.1. The molecule has 1 N–H and O–H groups in total. The van der Waals surface area contributed by atoms with Gasteiger partial charge in [0, 0.05) is 18.9 Å². The van der Waals surface area contributed by atoms with Crippen molar-refractivity contribution in [3.63, 3.8) is 0 Å². The fourth-order valence-electron chi connectivity index (χ4n) is 1.44. The molecule has 0 aromatic heterocycles. The summed E-state index contributed by atoms with van der Waals surface area (Å²) >= 11 is 0. The number of rotatable bonds is 10. The van der Waals surface area contributed by atoms with Gasteiger partial charge in [-0.15, -0.1) is 0 Å². The average molecular weight is 228 g/mol. The van der Waals surface area contributed by atoms with Crippen molar-refractivity contribution in [1.29, 1.82) is 0 Å². The summed E-state index contributed by atoms with van der Waals surface area (Å²) in [6.07, 6.45) is 6.91. The van der Waals surface area contributed by atoms with E-state index in [-0.39, 0.29) is 18.7 Å². The molecule has 0 rings (SSSR count). The number of carbonyl (C=O) groups excluding carboxylic acids is 2.